The van der Waals surface area contributed by atoms with E-state index in [-0.39, 0.29) is 5.41 Å². The average molecular weight is 591 g/mol. The molecule has 8 rings (SSSR count). The maximum absolute atomic E-state index is 5.20. The molecule has 1 aliphatic carbocycles. The highest BCUT2D eigenvalue weighted by Gasteiger charge is 2.35. The number of benzene rings is 6. The summed E-state index contributed by atoms with van der Waals surface area (Å²) in [5.41, 5.74) is 15.4. The zero-order valence-electron chi connectivity index (χ0n) is 26.1. The first kappa shape index (κ1) is 27.9. The number of fused-ring (bicyclic) bond motifs is 3. The predicted molar refractivity (Wildman–Crippen MR) is 193 cm³/mol. The summed E-state index contributed by atoms with van der Waals surface area (Å²) >= 11 is 0. The van der Waals surface area contributed by atoms with Crippen LogP contribution in [0.2, 0.25) is 0 Å². The summed E-state index contributed by atoms with van der Waals surface area (Å²) in [5.74, 6) is 0.732. The number of allylic oxidation sites excluding steroid dienone is 1. The molecule has 0 spiro atoms. The quantitative estimate of drug-likeness (QED) is 0.191. The molecular formula is C44H34N2. The van der Waals surface area contributed by atoms with E-state index in [2.05, 4.69) is 147 Å². The van der Waals surface area contributed by atoms with Crippen LogP contribution in [0.25, 0.3) is 39.1 Å². The first-order valence-corrected chi connectivity index (χ1v) is 16.0. The molecule has 2 aliphatic rings. The van der Waals surface area contributed by atoms with Gasteiger partial charge in [0.1, 0.15) is 0 Å². The van der Waals surface area contributed by atoms with Crippen molar-refractivity contribution >= 4 is 17.2 Å². The minimum absolute atomic E-state index is 0.0174. The lowest BCUT2D eigenvalue weighted by Crippen LogP contribution is -2.14. The van der Waals surface area contributed by atoms with Gasteiger partial charge in [-0.25, -0.2) is 9.98 Å². The topological polar surface area (TPSA) is 24.7 Å². The van der Waals surface area contributed by atoms with Gasteiger partial charge in [0.25, 0.3) is 0 Å². The summed E-state index contributed by atoms with van der Waals surface area (Å²) in [6.45, 7) is 4.67. The van der Waals surface area contributed by atoms with Crippen molar-refractivity contribution in [2.75, 3.05) is 0 Å². The summed E-state index contributed by atoms with van der Waals surface area (Å²) in [6.07, 6.45) is 2.92. The van der Waals surface area contributed by atoms with E-state index in [0.717, 1.165) is 39.5 Å². The second-order valence-corrected chi connectivity index (χ2v) is 12.6. The van der Waals surface area contributed by atoms with Crippen LogP contribution in [0, 0.1) is 0 Å². The van der Waals surface area contributed by atoms with Crippen molar-refractivity contribution in [3.63, 3.8) is 0 Å². The van der Waals surface area contributed by atoms with Gasteiger partial charge < -0.3 is 0 Å². The van der Waals surface area contributed by atoms with E-state index in [9.17, 15) is 0 Å². The Balaban J connectivity index is 1.15. The second-order valence-electron chi connectivity index (χ2n) is 12.6. The number of hydrogen-bond acceptors (Lipinski definition) is 2. The molecule has 0 radical (unpaired) electrons. The van der Waals surface area contributed by atoms with Crippen molar-refractivity contribution in [3.8, 4) is 33.4 Å². The highest BCUT2D eigenvalue weighted by Crippen LogP contribution is 2.49. The Morgan fingerprint density at radius 2 is 1.00 bits per heavy atom. The molecule has 2 nitrogen and oxygen atoms in total. The second kappa shape index (κ2) is 11.4. The van der Waals surface area contributed by atoms with E-state index < -0.39 is 0 Å². The minimum Gasteiger partial charge on any atom is -0.232 e. The third-order valence-corrected chi connectivity index (χ3v) is 9.41. The number of aliphatic imine (C=N–C) groups is 2. The first-order chi connectivity index (χ1) is 22.6. The van der Waals surface area contributed by atoms with E-state index in [4.69, 9.17) is 9.98 Å². The Kier molecular flexibility index (Phi) is 6.92. The lowest BCUT2D eigenvalue weighted by Gasteiger charge is -2.22. The molecule has 6 aromatic rings. The number of amidine groups is 1. The van der Waals surface area contributed by atoms with Gasteiger partial charge in [-0.3, -0.25) is 0 Å². The maximum Gasteiger partial charge on any atom is 0.160 e. The van der Waals surface area contributed by atoms with Crippen LogP contribution in [0.15, 0.2) is 168 Å². The van der Waals surface area contributed by atoms with Crippen molar-refractivity contribution in [1.29, 1.82) is 0 Å². The molecule has 0 amide bonds. The predicted octanol–water partition coefficient (Wildman–Crippen LogP) is 11.0. The lowest BCUT2D eigenvalue weighted by atomic mass is 9.81. The molecule has 0 N–H and O–H groups in total. The van der Waals surface area contributed by atoms with Gasteiger partial charge in [-0.2, -0.15) is 0 Å². The number of hydrogen-bond donors (Lipinski definition) is 0. The molecule has 0 unspecified atom stereocenters. The standard InChI is InChI=1S/C44H34N2/c1-44(2)39-20-12-11-18-36(39)37-26-25-34(29-40(37)44)30-21-23-31(24-22-30)35-17-9-10-19-38(35)42-28-27-41(32-13-5-3-6-14-32)45-43(46-42)33-15-7-4-8-16-33/h3-26,28-29H,27H2,1-2H3. The van der Waals surface area contributed by atoms with E-state index in [1.165, 1.54) is 38.9 Å². The number of nitrogens with zero attached hydrogens (tertiary/aromatic N) is 2. The third-order valence-electron chi connectivity index (χ3n) is 9.41. The SMILES string of the molecule is CC1(C)c2ccccc2-c2ccc(-c3ccc(-c4ccccc4C4=CCC(c5ccccc5)=NC(c5ccccc5)=N4)cc3)cc21. The van der Waals surface area contributed by atoms with E-state index in [0.29, 0.717) is 6.42 Å². The summed E-state index contributed by atoms with van der Waals surface area (Å²) < 4.78 is 0. The summed E-state index contributed by atoms with van der Waals surface area (Å²) in [5, 5.41) is 0. The van der Waals surface area contributed by atoms with Crippen LogP contribution in [-0.4, -0.2) is 11.5 Å². The van der Waals surface area contributed by atoms with Crippen LogP contribution in [0.5, 0.6) is 0 Å². The molecule has 6 aromatic carbocycles. The molecule has 0 bridgehead atoms. The van der Waals surface area contributed by atoms with E-state index in [1.54, 1.807) is 0 Å². The van der Waals surface area contributed by atoms with Crippen LogP contribution >= 0.6 is 0 Å². The third kappa shape index (κ3) is 4.93. The van der Waals surface area contributed by atoms with Crippen molar-refractivity contribution in [3.05, 3.63) is 186 Å². The van der Waals surface area contributed by atoms with Gasteiger partial charge in [0, 0.05) is 23.0 Å². The fourth-order valence-corrected chi connectivity index (χ4v) is 6.94. The highest BCUT2D eigenvalue weighted by atomic mass is 14.9. The van der Waals surface area contributed by atoms with Gasteiger partial charge in [-0.05, 0) is 56.1 Å². The lowest BCUT2D eigenvalue weighted by molar-refractivity contribution is 0.660. The normalized spacial score (nSPS) is 14.8. The summed E-state index contributed by atoms with van der Waals surface area (Å²) in [7, 11) is 0. The Bertz CT molecular complexity index is 2170. The fraction of sp³-hybridized carbons (Fsp3) is 0.0909. The summed E-state index contributed by atoms with van der Waals surface area (Å²) in [6, 6.07) is 54.0. The van der Waals surface area contributed by atoms with Gasteiger partial charge in [0.2, 0.25) is 0 Å². The smallest absolute Gasteiger partial charge is 0.160 e. The minimum atomic E-state index is -0.0174. The van der Waals surface area contributed by atoms with Crippen LogP contribution in [0.3, 0.4) is 0 Å². The van der Waals surface area contributed by atoms with Crippen molar-refractivity contribution in [1.82, 2.24) is 0 Å². The van der Waals surface area contributed by atoms with Crippen molar-refractivity contribution in [2.24, 2.45) is 9.98 Å². The average Bonchev–Trinajstić information content (AvgIpc) is 3.23. The molecule has 0 saturated heterocycles. The monoisotopic (exact) mass is 590 g/mol. The van der Waals surface area contributed by atoms with E-state index >= 15 is 0 Å². The van der Waals surface area contributed by atoms with Crippen LogP contribution in [0.4, 0.5) is 0 Å². The molecule has 0 atom stereocenters. The Hall–Kier alpha value is -5.60. The molecule has 0 saturated carbocycles. The Morgan fingerprint density at radius 3 is 1.74 bits per heavy atom. The molecule has 0 aromatic heterocycles. The molecule has 1 heterocycles. The molecule has 2 heteroatoms. The molecule has 1 aliphatic heterocycles. The van der Waals surface area contributed by atoms with Crippen LogP contribution < -0.4 is 0 Å². The molecule has 0 fully saturated rings. The molecule has 220 valence electrons. The van der Waals surface area contributed by atoms with Gasteiger partial charge in [0.15, 0.2) is 5.84 Å². The Morgan fingerprint density at radius 1 is 0.435 bits per heavy atom. The van der Waals surface area contributed by atoms with Gasteiger partial charge in [-0.1, -0.05) is 166 Å². The number of rotatable bonds is 5. The zero-order chi connectivity index (χ0) is 31.1. The van der Waals surface area contributed by atoms with Crippen molar-refractivity contribution in [2.45, 2.75) is 25.7 Å². The van der Waals surface area contributed by atoms with Gasteiger partial charge in [0.05, 0.1) is 11.4 Å². The maximum atomic E-state index is 5.20. The van der Waals surface area contributed by atoms with Gasteiger partial charge >= 0.3 is 0 Å². The zero-order valence-corrected chi connectivity index (χ0v) is 26.1. The van der Waals surface area contributed by atoms with Gasteiger partial charge in [-0.15, -0.1) is 0 Å². The van der Waals surface area contributed by atoms with Crippen LogP contribution in [-0.2, 0) is 5.41 Å². The van der Waals surface area contributed by atoms with Crippen LogP contribution in [0.1, 0.15) is 48.1 Å². The highest BCUT2D eigenvalue weighted by molar-refractivity contribution is 6.15. The summed E-state index contributed by atoms with van der Waals surface area (Å²) in [4.78, 5) is 10.3. The largest absolute Gasteiger partial charge is 0.232 e. The van der Waals surface area contributed by atoms with E-state index in [1.807, 2.05) is 24.3 Å². The first-order valence-electron chi connectivity index (χ1n) is 16.0. The molecule has 46 heavy (non-hydrogen) atoms. The fourth-order valence-electron chi connectivity index (χ4n) is 6.94. The Labute approximate surface area is 271 Å². The molecular weight excluding hydrogens is 556 g/mol. The van der Waals surface area contributed by atoms with Crippen molar-refractivity contribution < 1.29 is 0 Å².